The van der Waals surface area contributed by atoms with Gasteiger partial charge in [0.1, 0.15) is 12.1 Å². The fourth-order valence-electron chi connectivity index (χ4n) is 10.9. The van der Waals surface area contributed by atoms with Gasteiger partial charge in [0.05, 0.1) is 32.5 Å². The number of ether oxygens (including phenoxy) is 3. The van der Waals surface area contributed by atoms with E-state index in [4.69, 9.17) is 37.3 Å². The van der Waals surface area contributed by atoms with Crippen LogP contribution in [0.5, 0.6) is 0 Å². The van der Waals surface area contributed by atoms with Gasteiger partial charge in [-0.3, -0.25) is 19.6 Å². The number of pyridine rings is 2. The van der Waals surface area contributed by atoms with Crippen LogP contribution in [0.25, 0.3) is 9.69 Å². The molecular weight excluding hydrogens is 956 g/mol. The number of rotatable bonds is 20. The Balaban J connectivity index is 0.000000316. The van der Waals surface area contributed by atoms with Crippen LogP contribution in [0.15, 0.2) is 48.5 Å². The summed E-state index contributed by atoms with van der Waals surface area (Å²) in [7, 11) is 1.32. The van der Waals surface area contributed by atoms with Gasteiger partial charge in [0.2, 0.25) is 0 Å². The number of aryl methyl sites for hydroxylation is 10. The number of carboxylic acid groups (broad SMARTS) is 1. The molecule has 2 heterocycles. The van der Waals surface area contributed by atoms with E-state index in [2.05, 4.69) is 44.6 Å². The van der Waals surface area contributed by atoms with Crippen LogP contribution in [0.4, 0.5) is 11.4 Å². The molecule has 2 amide bonds. The fourth-order valence-corrected chi connectivity index (χ4v) is 10.9. The summed E-state index contributed by atoms with van der Waals surface area (Å²) in [5, 5.41) is 15.0. The van der Waals surface area contributed by atoms with Crippen molar-refractivity contribution < 1.29 is 62.8 Å². The van der Waals surface area contributed by atoms with Gasteiger partial charge in [-0.2, -0.15) is 0 Å². The van der Waals surface area contributed by atoms with Crippen LogP contribution in [0, 0.1) is 52.7 Å². The van der Waals surface area contributed by atoms with Gasteiger partial charge in [0.25, 0.3) is 11.8 Å². The third kappa shape index (κ3) is 17.0. The van der Waals surface area contributed by atoms with E-state index in [0.717, 1.165) is 70.6 Å². The van der Waals surface area contributed by atoms with E-state index in [1.807, 2.05) is 0 Å². The molecule has 4 aliphatic carbocycles. The molecule has 0 saturated heterocycles. The average molecular weight is 1030 g/mol. The summed E-state index contributed by atoms with van der Waals surface area (Å²) in [6, 6.07) is 13.7. The molecule has 2 aromatic carbocycles. The van der Waals surface area contributed by atoms with Crippen molar-refractivity contribution in [3.63, 3.8) is 0 Å². The molecule has 76 heavy (non-hydrogen) atoms. The number of methoxy groups -OCH3 is 1. The predicted molar refractivity (Wildman–Crippen MR) is 288 cm³/mol. The van der Waals surface area contributed by atoms with Gasteiger partial charge >= 0.3 is 30.8 Å². The number of aromatic nitrogens is 2. The summed E-state index contributed by atoms with van der Waals surface area (Å²) < 4.78 is 16.8. The van der Waals surface area contributed by atoms with Crippen LogP contribution >= 0.6 is 0 Å². The molecule has 0 aliphatic heterocycles. The van der Waals surface area contributed by atoms with Crippen molar-refractivity contribution in [1.82, 2.24) is 20.6 Å². The SMILES string of the molecule is C.[C-]#[N+]c1cc(C)c(C(=O)NC(CCOC2CC(CCc3ccc4c(n3)CCCC4)C2)C(=O)O)c(C)c1.[C-]#[N+]c1cc(C)c(C(=O)NC(CCOC2CC(CCc3ccc4c(n3)CCCC4)C2)C(=O)OC)c(C)c1.[Li+].[OH-]. The average Bonchev–Trinajstić information content (AvgIpc) is 3.35. The molecule has 2 atom stereocenters. The summed E-state index contributed by atoms with van der Waals surface area (Å²) in [6.07, 6.45) is 18.7. The van der Waals surface area contributed by atoms with Gasteiger partial charge in [0.15, 0.2) is 11.4 Å². The molecule has 2 fully saturated rings. The number of esters is 1. The number of hydrogen-bond donors (Lipinski definition) is 3. The Morgan fingerprint density at radius 1 is 0.645 bits per heavy atom. The first kappa shape index (κ1) is 62.6. The summed E-state index contributed by atoms with van der Waals surface area (Å²) >= 11 is 0. The van der Waals surface area contributed by atoms with E-state index in [1.54, 1.807) is 52.0 Å². The van der Waals surface area contributed by atoms with Crippen LogP contribution in [0.3, 0.4) is 0 Å². The zero-order valence-electron chi connectivity index (χ0n) is 44.8. The molecule has 15 nitrogen and oxygen atoms in total. The maximum Gasteiger partial charge on any atom is 1.00 e. The van der Waals surface area contributed by atoms with E-state index < -0.39 is 29.9 Å². The minimum Gasteiger partial charge on any atom is -0.870 e. The predicted octanol–water partition coefficient (Wildman–Crippen LogP) is 7.81. The summed E-state index contributed by atoms with van der Waals surface area (Å²) in [5.41, 5.74) is 12.4. The van der Waals surface area contributed by atoms with Gasteiger partial charge in [-0.25, -0.2) is 19.3 Å². The summed E-state index contributed by atoms with van der Waals surface area (Å²) in [6.45, 7) is 22.1. The van der Waals surface area contributed by atoms with Crippen molar-refractivity contribution in [1.29, 1.82) is 0 Å². The van der Waals surface area contributed by atoms with Crippen molar-refractivity contribution in [3.05, 3.63) is 139 Å². The number of carbonyl (C=O) groups is 4. The number of fused-ring (bicyclic) bond motifs is 2. The Kier molecular flexibility index (Phi) is 24.8. The molecule has 0 bridgehead atoms. The molecular formula is C60H77LiN6O9. The van der Waals surface area contributed by atoms with Gasteiger partial charge < -0.3 is 35.4 Å². The molecule has 16 heteroatoms. The Morgan fingerprint density at radius 2 is 1.03 bits per heavy atom. The zero-order chi connectivity index (χ0) is 52.0. The third-order valence-electron chi connectivity index (χ3n) is 15.1. The first-order chi connectivity index (χ1) is 35.2. The van der Waals surface area contributed by atoms with E-state index in [1.165, 1.54) is 73.1 Å². The Hall–Kier alpha value is -5.92. The minimum absolute atomic E-state index is 0. The number of carbonyl (C=O) groups excluding carboxylic acids is 3. The van der Waals surface area contributed by atoms with Crippen LogP contribution < -0.4 is 29.5 Å². The quantitative estimate of drug-likeness (QED) is 0.0442. The first-order valence-electron chi connectivity index (χ1n) is 26.3. The van der Waals surface area contributed by atoms with Gasteiger partial charge in [-0.05, 0) is 188 Å². The van der Waals surface area contributed by atoms with Crippen LogP contribution in [0.1, 0.15) is 161 Å². The summed E-state index contributed by atoms with van der Waals surface area (Å²) in [5.74, 6) is -1.09. The smallest absolute Gasteiger partial charge is 0.870 e. The second kappa shape index (κ2) is 30.1. The van der Waals surface area contributed by atoms with Crippen molar-refractivity contribution in [2.24, 2.45) is 11.8 Å². The Morgan fingerprint density at radius 3 is 1.41 bits per heavy atom. The Bertz CT molecular complexity index is 2680. The van der Waals surface area contributed by atoms with Crippen LogP contribution in [0.2, 0.25) is 0 Å². The second-order valence-electron chi connectivity index (χ2n) is 20.6. The number of amides is 2. The minimum atomic E-state index is -1.08. The molecule has 402 valence electrons. The van der Waals surface area contributed by atoms with E-state index >= 15 is 0 Å². The van der Waals surface area contributed by atoms with Crippen molar-refractivity contribution >= 4 is 35.1 Å². The summed E-state index contributed by atoms with van der Waals surface area (Å²) in [4.78, 5) is 66.4. The largest absolute Gasteiger partial charge is 1.00 e. The first-order valence-corrected chi connectivity index (χ1v) is 26.3. The maximum absolute atomic E-state index is 13.0. The van der Waals surface area contributed by atoms with E-state index in [9.17, 15) is 24.3 Å². The number of carboxylic acids is 1. The number of nitrogens with zero attached hydrogens (tertiary/aromatic N) is 4. The molecule has 4 aromatic rings. The molecule has 0 spiro atoms. The van der Waals surface area contributed by atoms with Gasteiger partial charge in [0, 0.05) is 60.0 Å². The number of aliphatic carboxylic acids is 1. The number of hydrogen-bond acceptors (Lipinski definition) is 10. The van der Waals surface area contributed by atoms with Crippen LogP contribution in [-0.4, -0.2) is 88.9 Å². The molecule has 2 unspecified atom stereocenters. The van der Waals surface area contributed by atoms with E-state index in [0.29, 0.717) is 69.6 Å². The van der Waals surface area contributed by atoms with Crippen LogP contribution in [-0.2, 0) is 62.3 Å². The number of nitrogens with one attached hydrogen (secondary N) is 2. The monoisotopic (exact) mass is 1030 g/mol. The second-order valence-corrected chi connectivity index (χ2v) is 20.6. The van der Waals surface area contributed by atoms with Crippen molar-refractivity contribution in [2.45, 2.75) is 175 Å². The molecule has 8 rings (SSSR count). The Labute approximate surface area is 462 Å². The fraction of sp³-hybridized carbons (Fsp3) is 0.533. The van der Waals surface area contributed by atoms with Crippen molar-refractivity contribution in [3.8, 4) is 0 Å². The molecule has 2 aromatic heterocycles. The van der Waals surface area contributed by atoms with Gasteiger partial charge in [-0.15, -0.1) is 0 Å². The van der Waals surface area contributed by atoms with E-state index in [-0.39, 0.29) is 62.9 Å². The molecule has 4 aliphatic rings. The molecule has 0 radical (unpaired) electrons. The maximum atomic E-state index is 13.0. The third-order valence-corrected chi connectivity index (χ3v) is 15.1. The topological polar surface area (TPSA) is 205 Å². The standard InChI is InChI=1S/C30H37N3O4.C29H35N3O4.CH4.Li.H2O/c1-19-15-24(31-3)16-20(2)28(19)29(34)33-27(30(35)36-4)13-14-37-25-17-21(18-25)9-11-23-12-10-22-7-5-6-8-26(22)32-23;1-18-14-23(30-3)15-19(2)27(18)28(33)32-26(29(34)35)12-13-36-24-16-20(17-24)8-10-22-11-9-21-6-4-5-7-25(21)31-22;;;/h10,12,15-16,21,25,27H,5-9,11,13-14,17-18H2,1-2,4H3,(H,33,34);9,11,14-15,20,24,26H,4-8,10,12-13,16-17H2,1-2H3,(H,32,33)(H,34,35);1H4;;1H2/q;;;+1;/p-1. The normalized spacial score (nSPS) is 18.6. The van der Waals surface area contributed by atoms with Gasteiger partial charge in [-0.1, -0.05) is 43.8 Å². The molecule has 2 saturated carbocycles. The molecule has 4 N–H and O–H groups in total. The zero-order valence-corrected chi connectivity index (χ0v) is 44.8. The number of benzene rings is 2. The van der Waals surface area contributed by atoms with Crippen molar-refractivity contribution in [2.75, 3.05) is 20.3 Å².